The summed E-state index contributed by atoms with van der Waals surface area (Å²) in [4.78, 5) is 36.9. The summed E-state index contributed by atoms with van der Waals surface area (Å²) in [6.45, 7) is 1.55. The van der Waals surface area contributed by atoms with E-state index in [1.165, 1.54) is 20.0 Å². The van der Waals surface area contributed by atoms with E-state index in [9.17, 15) is 14.4 Å². The average Bonchev–Trinajstić information content (AvgIpc) is 3.06. The van der Waals surface area contributed by atoms with Gasteiger partial charge in [0, 0.05) is 12.5 Å². The molecule has 7 heteroatoms. The van der Waals surface area contributed by atoms with Crippen LogP contribution in [0.15, 0.2) is 0 Å². The maximum atomic E-state index is 12.8. The van der Waals surface area contributed by atoms with Gasteiger partial charge in [0.25, 0.3) is 0 Å². The van der Waals surface area contributed by atoms with Crippen LogP contribution >= 0.6 is 0 Å². The van der Waals surface area contributed by atoms with Crippen molar-refractivity contribution in [3.05, 3.63) is 0 Å². The quantitative estimate of drug-likeness (QED) is 0.621. The van der Waals surface area contributed by atoms with Gasteiger partial charge in [-0.3, -0.25) is 9.59 Å². The largest absolute Gasteiger partial charge is 0.467 e. The fourth-order valence-electron chi connectivity index (χ4n) is 4.61. The third kappa shape index (κ3) is 4.14. The van der Waals surface area contributed by atoms with Crippen LogP contribution in [0.5, 0.6) is 0 Å². The lowest BCUT2D eigenvalue weighted by Crippen LogP contribution is -2.52. The van der Waals surface area contributed by atoms with E-state index in [2.05, 4.69) is 16.0 Å². The van der Waals surface area contributed by atoms with E-state index in [1.807, 2.05) is 0 Å². The van der Waals surface area contributed by atoms with Crippen LogP contribution < -0.4 is 16.0 Å². The highest BCUT2D eigenvalue weighted by molar-refractivity contribution is 5.88. The van der Waals surface area contributed by atoms with Gasteiger partial charge in [-0.1, -0.05) is 12.8 Å². The third-order valence-electron chi connectivity index (χ3n) is 6.00. The number of carbonyl (C=O) groups excluding carboxylic acids is 3. The number of amides is 2. The first kappa shape index (κ1) is 18.2. The smallest absolute Gasteiger partial charge is 0.328 e. The van der Waals surface area contributed by atoms with Crippen LogP contribution in [0.4, 0.5) is 0 Å². The van der Waals surface area contributed by atoms with Crippen molar-refractivity contribution in [2.24, 2.45) is 17.8 Å². The number of hydrogen-bond acceptors (Lipinski definition) is 5. The average molecular weight is 351 g/mol. The molecular weight excluding hydrogens is 322 g/mol. The maximum absolute atomic E-state index is 12.8. The van der Waals surface area contributed by atoms with Crippen LogP contribution in [0, 0.1) is 17.8 Å². The molecule has 0 aromatic heterocycles. The second-order valence-corrected chi connectivity index (χ2v) is 7.54. The minimum absolute atomic E-state index is 0.0410. The van der Waals surface area contributed by atoms with Crippen LogP contribution in [0.25, 0.3) is 0 Å². The lowest BCUT2D eigenvalue weighted by molar-refractivity contribution is -0.146. The molecular formula is C18H29N3O4. The molecule has 0 aromatic rings. The Morgan fingerprint density at radius 3 is 2.80 bits per heavy atom. The normalized spacial score (nSPS) is 33.1. The van der Waals surface area contributed by atoms with Crippen molar-refractivity contribution >= 4 is 17.8 Å². The number of piperidine rings is 1. The molecule has 3 N–H and O–H groups in total. The predicted octanol–water partition coefficient (Wildman–Crippen LogP) is 0.339. The molecule has 3 rings (SSSR count). The molecule has 2 heterocycles. The number of nitrogens with one attached hydrogen (secondary N) is 3. The topological polar surface area (TPSA) is 96.5 Å². The van der Waals surface area contributed by atoms with Crippen LogP contribution in [-0.4, -0.2) is 50.1 Å². The SMILES string of the molecule is COC(=O)[C@H](C[C@@H]1CCCNC1=O)NC(=O)[C@H]1NC[C@@H]2CCCC[C@@H]21. The highest BCUT2D eigenvalue weighted by atomic mass is 16.5. The summed E-state index contributed by atoms with van der Waals surface area (Å²) in [7, 11) is 1.31. The monoisotopic (exact) mass is 351 g/mol. The third-order valence-corrected chi connectivity index (χ3v) is 6.00. The number of hydrogen-bond donors (Lipinski definition) is 3. The molecule has 7 nitrogen and oxygen atoms in total. The summed E-state index contributed by atoms with van der Waals surface area (Å²) in [5.74, 6) is -0.000915. The minimum atomic E-state index is -0.768. The van der Waals surface area contributed by atoms with E-state index >= 15 is 0 Å². The Hall–Kier alpha value is -1.63. The van der Waals surface area contributed by atoms with Gasteiger partial charge in [-0.2, -0.15) is 0 Å². The molecule has 1 saturated carbocycles. The summed E-state index contributed by atoms with van der Waals surface area (Å²) in [6.07, 6.45) is 6.56. The molecule has 0 aromatic carbocycles. The number of ether oxygens (including phenoxy) is 1. The lowest BCUT2D eigenvalue weighted by Gasteiger charge is -2.29. The van der Waals surface area contributed by atoms with E-state index in [0.29, 0.717) is 24.8 Å². The highest BCUT2D eigenvalue weighted by Gasteiger charge is 2.42. The van der Waals surface area contributed by atoms with Crippen LogP contribution in [0.2, 0.25) is 0 Å². The maximum Gasteiger partial charge on any atom is 0.328 e. The Labute approximate surface area is 148 Å². The highest BCUT2D eigenvalue weighted by Crippen LogP contribution is 2.36. The number of methoxy groups -OCH3 is 1. The van der Waals surface area contributed by atoms with Gasteiger partial charge in [0.2, 0.25) is 11.8 Å². The molecule has 2 aliphatic heterocycles. The van der Waals surface area contributed by atoms with Gasteiger partial charge in [0.05, 0.1) is 13.2 Å². The van der Waals surface area contributed by atoms with Gasteiger partial charge >= 0.3 is 5.97 Å². The number of rotatable bonds is 5. The van der Waals surface area contributed by atoms with Gasteiger partial charge in [0.15, 0.2) is 0 Å². The lowest BCUT2D eigenvalue weighted by atomic mass is 9.78. The Kier molecular flexibility index (Phi) is 5.93. The predicted molar refractivity (Wildman–Crippen MR) is 91.5 cm³/mol. The van der Waals surface area contributed by atoms with Crippen molar-refractivity contribution in [2.75, 3.05) is 20.2 Å². The summed E-state index contributed by atoms with van der Waals surface area (Å²) >= 11 is 0. The van der Waals surface area contributed by atoms with E-state index < -0.39 is 12.0 Å². The Balaban J connectivity index is 1.62. The van der Waals surface area contributed by atoms with Crippen LogP contribution in [0.3, 0.4) is 0 Å². The van der Waals surface area contributed by atoms with E-state index in [1.54, 1.807) is 0 Å². The molecule has 0 radical (unpaired) electrons. The molecule has 5 atom stereocenters. The molecule has 0 unspecified atom stereocenters. The Morgan fingerprint density at radius 1 is 1.24 bits per heavy atom. The number of fused-ring (bicyclic) bond motifs is 1. The van der Waals surface area contributed by atoms with Crippen molar-refractivity contribution < 1.29 is 19.1 Å². The first-order valence-corrected chi connectivity index (χ1v) is 9.49. The molecule has 0 bridgehead atoms. The van der Waals surface area contributed by atoms with E-state index in [4.69, 9.17) is 4.74 Å². The minimum Gasteiger partial charge on any atom is -0.467 e. The second kappa shape index (κ2) is 8.17. The van der Waals surface area contributed by atoms with Gasteiger partial charge in [0.1, 0.15) is 6.04 Å². The van der Waals surface area contributed by atoms with Crippen molar-refractivity contribution in [2.45, 2.75) is 57.0 Å². The van der Waals surface area contributed by atoms with Gasteiger partial charge in [-0.15, -0.1) is 0 Å². The summed E-state index contributed by atoms with van der Waals surface area (Å²) in [6, 6.07) is -1.01. The zero-order valence-corrected chi connectivity index (χ0v) is 14.9. The molecule has 3 aliphatic rings. The van der Waals surface area contributed by atoms with Crippen molar-refractivity contribution in [3.8, 4) is 0 Å². The van der Waals surface area contributed by atoms with E-state index in [0.717, 1.165) is 32.2 Å². The summed E-state index contributed by atoms with van der Waals surface area (Å²) in [5, 5.41) is 9.01. The van der Waals surface area contributed by atoms with Crippen LogP contribution in [-0.2, 0) is 19.1 Å². The first-order chi connectivity index (χ1) is 12.1. The standard InChI is InChI=1S/C18H29N3O4/c1-25-18(24)14(9-11-6-4-8-19-16(11)22)21-17(23)15-13-7-3-2-5-12(13)10-20-15/h11-15,20H,2-10H2,1H3,(H,19,22)(H,21,23)/t11-,12-,13-,14-,15-/m0/s1. The molecule has 2 amide bonds. The van der Waals surface area contributed by atoms with Crippen molar-refractivity contribution in [1.29, 1.82) is 0 Å². The molecule has 140 valence electrons. The van der Waals surface area contributed by atoms with Crippen molar-refractivity contribution in [3.63, 3.8) is 0 Å². The van der Waals surface area contributed by atoms with E-state index in [-0.39, 0.29) is 23.8 Å². The molecule has 25 heavy (non-hydrogen) atoms. The Bertz CT molecular complexity index is 524. The number of esters is 1. The zero-order chi connectivity index (χ0) is 17.8. The number of carbonyl (C=O) groups is 3. The fourth-order valence-corrected chi connectivity index (χ4v) is 4.61. The molecule has 0 spiro atoms. The molecule has 1 aliphatic carbocycles. The second-order valence-electron chi connectivity index (χ2n) is 7.54. The van der Waals surface area contributed by atoms with Crippen molar-refractivity contribution in [1.82, 2.24) is 16.0 Å². The van der Waals surface area contributed by atoms with Crippen LogP contribution in [0.1, 0.15) is 44.9 Å². The summed E-state index contributed by atoms with van der Waals surface area (Å²) < 4.78 is 4.85. The first-order valence-electron chi connectivity index (χ1n) is 9.49. The van der Waals surface area contributed by atoms with Gasteiger partial charge in [-0.05, 0) is 50.5 Å². The zero-order valence-electron chi connectivity index (χ0n) is 14.9. The Morgan fingerprint density at radius 2 is 2.04 bits per heavy atom. The summed E-state index contributed by atoms with van der Waals surface area (Å²) in [5.41, 5.74) is 0. The van der Waals surface area contributed by atoms with Gasteiger partial charge in [-0.25, -0.2) is 4.79 Å². The molecule has 2 saturated heterocycles. The fraction of sp³-hybridized carbons (Fsp3) is 0.833. The van der Waals surface area contributed by atoms with Gasteiger partial charge < -0.3 is 20.7 Å². The molecule has 3 fully saturated rings.